The lowest BCUT2D eigenvalue weighted by molar-refractivity contribution is 0.0660. The fourth-order valence-electron chi connectivity index (χ4n) is 3.02. The summed E-state index contributed by atoms with van der Waals surface area (Å²) in [6.07, 6.45) is 2.07. The van der Waals surface area contributed by atoms with Crippen LogP contribution in [0.3, 0.4) is 0 Å². The van der Waals surface area contributed by atoms with Gasteiger partial charge in [-0.25, -0.2) is 0 Å². The van der Waals surface area contributed by atoms with Crippen LogP contribution in [0.15, 0.2) is 24.3 Å². The van der Waals surface area contributed by atoms with E-state index >= 15 is 0 Å². The molecule has 0 aromatic heterocycles. The van der Waals surface area contributed by atoms with Crippen LogP contribution in [0.25, 0.3) is 0 Å². The van der Waals surface area contributed by atoms with E-state index in [0.29, 0.717) is 30.1 Å². The van der Waals surface area contributed by atoms with Crippen molar-refractivity contribution in [3.8, 4) is 0 Å². The first kappa shape index (κ1) is 22.5. The number of nitrogens with zero attached hydrogens (tertiary/aromatic N) is 1. The van der Waals surface area contributed by atoms with Crippen molar-refractivity contribution < 1.29 is 9.59 Å². The quantitative estimate of drug-likeness (QED) is 0.841. The molecular formula is C20H32ClN3O2. The Morgan fingerprint density at radius 2 is 1.81 bits per heavy atom. The Morgan fingerprint density at radius 3 is 2.35 bits per heavy atom. The van der Waals surface area contributed by atoms with Gasteiger partial charge in [-0.3, -0.25) is 9.59 Å². The van der Waals surface area contributed by atoms with Gasteiger partial charge in [-0.05, 0) is 55.4 Å². The van der Waals surface area contributed by atoms with Crippen molar-refractivity contribution in [2.45, 2.75) is 46.6 Å². The van der Waals surface area contributed by atoms with E-state index < -0.39 is 0 Å². The smallest absolute Gasteiger partial charge is 0.253 e. The van der Waals surface area contributed by atoms with Gasteiger partial charge in [0.1, 0.15) is 0 Å². The van der Waals surface area contributed by atoms with Gasteiger partial charge in [0.05, 0.1) is 0 Å². The molecule has 1 saturated heterocycles. The number of hydrogen-bond donors (Lipinski definition) is 2. The van der Waals surface area contributed by atoms with Crippen LogP contribution in [0.1, 0.15) is 61.3 Å². The number of nitrogens with one attached hydrogen (secondary N) is 1. The Balaban J connectivity index is 0.00000338. The summed E-state index contributed by atoms with van der Waals surface area (Å²) >= 11 is 0. The van der Waals surface area contributed by atoms with Gasteiger partial charge in [0.2, 0.25) is 0 Å². The maximum atomic E-state index is 12.7. The summed E-state index contributed by atoms with van der Waals surface area (Å²) in [6, 6.07) is 7.02. The minimum atomic E-state index is -0.107. The van der Waals surface area contributed by atoms with Crippen LogP contribution in [0.4, 0.5) is 0 Å². The molecular weight excluding hydrogens is 350 g/mol. The van der Waals surface area contributed by atoms with Crippen molar-refractivity contribution in [1.29, 1.82) is 0 Å². The normalized spacial score (nSPS) is 18.7. The van der Waals surface area contributed by atoms with Crippen LogP contribution in [0.2, 0.25) is 0 Å². The van der Waals surface area contributed by atoms with E-state index in [9.17, 15) is 9.59 Å². The minimum Gasteiger partial charge on any atom is -0.352 e. The summed E-state index contributed by atoms with van der Waals surface area (Å²) in [5, 5.41) is 2.92. The maximum Gasteiger partial charge on any atom is 0.253 e. The van der Waals surface area contributed by atoms with E-state index in [1.807, 2.05) is 11.8 Å². The number of hydrogen-bond acceptors (Lipinski definition) is 3. The highest BCUT2D eigenvalue weighted by molar-refractivity contribution is 5.97. The first-order valence-electron chi connectivity index (χ1n) is 9.10. The van der Waals surface area contributed by atoms with Crippen molar-refractivity contribution in [1.82, 2.24) is 10.2 Å². The molecule has 0 radical (unpaired) electrons. The van der Waals surface area contributed by atoms with E-state index in [0.717, 1.165) is 19.4 Å². The molecule has 2 atom stereocenters. The maximum absolute atomic E-state index is 12.7. The molecule has 146 valence electrons. The van der Waals surface area contributed by atoms with Crippen LogP contribution in [0, 0.1) is 11.3 Å². The van der Waals surface area contributed by atoms with Gasteiger partial charge in [-0.15, -0.1) is 12.4 Å². The molecule has 3 N–H and O–H groups in total. The summed E-state index contributed by atoms with van der Waals surface area (Å²) in [7, 11) is 0. The van der Waals surface area contributed by atoms with Crippen molar-refractivity contribution in [2.75, 3.05) is 19.6 Å². The predicted octanol–water partition coefficient (Wildman–Crippen LogP) is 3.08. The molecule has 5 nitrogen and oxygen atoms in total. The molecule has 1 aliphatic heterocycles. The SMILES string of the molecule is CC(N)C1CCCN(C(=O)c2ccc(C(=O)NCC(C)(C)C)cc2)C1.Cl. The summed E-state index contributed by atoms with van der Waals surface area (Å²) in [5.41, 5.74) is 7.24. The first-order valence-corrected chi connectivity index (χ1v) is 9.10. The van der Waals surface area contributed by atoms with E-state index in [1.54, 1.807) is 24.3 Å². The van der Waals surface area contributed by atoms with Crippen molar-refractivity contribution in [3.63, 3.8) is 0 Å². The Morgan fingerprint density at radius 1 is 1.23 bits per heavy atom. The summed E-state index contributed by atoms with van der Waals surface area (Å²) < 4.78 is 0. The molecule has 1 heterocycles. The van der Waals surface area contributed by atoms with Gasteiger partial charge in [-0.1, -0.05) is 20.8 Å². The minimum absolute atomic E-state index is 0. The van der Waals surface area contributed by atoms with Gasteiger partial charge in [-0.2, -0.15) is 0 Å². The number of piperidine rings is 1. The fourth-order valence-corrected chi connectivity index (χ4v) is 3.02. The third-order valence-electron chi connectivity index (χ3n) is 4.66. The van der Waals surface area contributed by atoms with Crippen LogP contribution >= 0.6 is 12.4 Å². The molecule has 6 heteroatoms. The zero-order chi connectivity index (χ0) is 18.6. The monoisotopic (exact) mass is 381 g/mol. The zero-order valence-electron chi connectivity index (χ0n) is 16.2. The number of carbonyl (C=O) groups is 2. The van der Waals surface area contributed by atoms with E-state index in [2.05, 4.69) is 26.1 Å². The van der Waals surface area contributed by atoms with Gasteiger partial charge < -0.3 is 16.0 Å². The van der Waals surface area contributed by atoms with Crippen molar-refractivity contribution >= 4 is 24.2 Å². The molecule has 1 fully saturated rings. The number of likely N-dealkylation sites (tertiary alicyclic amines) is 1. The van der Waals surface area contributed by atoms with Gasteiger partial charge in [0, 0.05) is 36.8 Å². The van der Waals surface area contributed by atoms with Gasteiger partial charge in [0.15, 0.2) is 0 Å². The summed E-state index contributed by atoms with van der Waals surface area (Å²) in [6.45, 7) is 10.3. The lowest BCUT2D eigenvalue weighted by Crippen LogP contribution is -2.45. The molecule has 1 aliphatic rings. The molecule has 0 saturated carbocycles. The molecule has 0 bridgehead atoms. The van der Waals surface area contributed by atoms with E-state index in [-0.39, 0.29) is 35.7 Å². The van der Waals surface area contributed by atoms with Crippen molar-refractivity contribution in [3.05, 3.63) is 35.4 Å². The number of nitrogens with two attached hydrogens (primary N) is 1. The third-order valence-corrected chi connectivity index (χ3v) is 4.66. The van der Waals surface area contributed by atoms with Crippen LogP contribution in [-0.2, 0) is 0 Å². The van der Waals surface area contributed by atoms with Crippen molar-refractivity contribution in [2.24, 2.45) is 17.1 Å². The van der Waals surface area contributed by atoms with Gasteiger partial charge in [0.25, 0.3) is 11.8 Å². The highest BCUT2D eigenvalue weighted by Gasteiger charge is 2.26. The van der Waals surface area contributed by atoms with Crippen LogP contribution in [-0.4, -0.2) is 42.4 Å². The highest BCUT2D eigenvalue weighted by atomic mass is 35.5. The van der Waals surface area contributed by atoms with Crippen LogP contribution < -0.4 is 11.1 Å². The Hall–Kier alpha value is -1.59. The van der Waals surface area contributed by atoms with Crippen LogP contribution in [0.5, 0.6) is 0 Å². The van der Waals surface area contributed by atoms with E-state index in [1.165, 1.54) is 0 Å². The predicted molar refractivity (Wildman–Crippen MR) is 108 cm³/mol. The molecule has 0 spiro atoms. The number of benzene rings is 1. The van der Waals surface area contributed by atoms with E-state index in [4.69, 9.17) is 5.73 Å². The number of rotatable bonds is 4. The largest absolute Gasteiger partial charge is 0.352 e. The Bertz CT molecular complexity index is 608. The number of amides is 2. The average molecular weight is 382 g/mol. The zero-order valence-corrected chi connectivity index (χ0v) is 17.1. The lowest BCUT2D eigenvalue weighted by Gasteiger charge is -2.34. The standard InChI is InChI=1S/C20H31N3O2.ClH/c1-14(21)17-6-5-11-23(12-17)19(25)16-9-7-15(8-10-16)18(24)22-13-20(2,3)4;/h7-10,14,17H,5-6,11-13,21H2,1-4H3,(H,22,24);1H. The molecule has 26 heavy (non-hydrogen) atoms. The molecule has 2 amide bonds. The Kier molecular flexibility index (Phi) is 8.10. The third kappa shape index (κ3) is 6.29. The molecule has 1 aromatic rings. The second-order valence-electron chi connectivity index (χ2n) is 8.33. The highest BCUT2D eigenvalue weighted by Crippen LogP contribution is 2.21. The average Bonchev–Trinajstić information content (AvgIpc) is 2.58. The number of carbonyl (C=O) groups excluding carboxylic acids is 2. The molecule has 2 rings (SSSR count). The Labute approximate surface area is 163 Å². The lowest BCUT2D eigenvalue weighted by atomic mass is 9.92. The fraction of sp³-hybridized carbons (Fsp3) is 0.600. The van der Waals surface area contributed by atoms with Gasteiger partial charge >= 0.3 is 0 Å². The molecule has 1 aromatic carbocycles. The summed E-state index contributed by atoms with van der Waals surface area (Å²) in [4.78, 5) is 26.7. The molecule has 2 unspecified atom stereocenters. The second-order valence-corrected chi connectivity index (χ2v) is 8.33. The first-order chi connectivity index (χ1) is 11.7. The topological polar surface area (TPSA) is 75.4 Å². The summed E-state index contributed by atoms with van der Waals surface area (Å²) in [5.74, 6) is 0.274. The molecule has 0 aliphatic carbocycles. The number of halogens is 1. The second kappa shape index (κ2) is 9.38.